The number of allylic oxidation sites excluding steroid dienone is 2. The van der Waals surface area contributed by atoms with E-state index in [0.717, 1.165) is 51.4 Å². The normalized spacial score (nSPS) is 14.3. The Labute approximate surface area is 361 Å². The molecule has 0 radical (unpaired) electrons. The molecule has 0 fully saturated rings. The maximum atomic E-state index is 12.9. The Morgan fingerprint density at radius 2 is 0.948 bits per heavy atom. The van der Waals surface area contributed by atoms with Crippen molar-refractivity contribution in [3.63, 3.8) is 0 Å². The molecule has 0 heterocycles. The molecule has 0 rings (SSSR count). The number of carbonyl (C=O) groups excluding carboxylic acids is 1. The molecule has 58 heavy (non-hydrogen) atoms. The zero-order valence-electron chi connectivity index (χ0n) is 39.3. The molecule has 0 aromatic heterocycles. The summed E-state index contributed by atoms with van der Waals surface area (Å²) in [5.74, 6) is -0.171. The largest absolute Gasteiger partial charge is 0.756 e. The van der Waals surface area contributed by atoms with Gasteiger partial charge in [-0.25, -0.2) is 0 Å². The minimum absolute atomic E-state index is 0.0126. The number of nitrogens with one attached hydrogen (secondary N) is 1. The number of rotatable bonds is 46. The van der Waals surface area contributed by atoms with Crippen LogP contribution >= 0.6 is 7.82 Å². The number of aliphatic hydroxyl groups excluding tert-OH is 1. The lowest BCUT2D eigenvalue weighted by Gasteiger charge is -2.30. The number of aliphatic hydroxyl groups is 1. The highest BCUT2D eigenvalue weighted by molar-refractivity contribution is 7.45. The summed E-state index contributed by atoms with van der Waals surface area (Å²) >= 11 is 0. The van der Waals surface area contributed by atoms with Gasteiger partial charge in [0.05, 0.1) is 39.9 Å². The predicted octanol–water partition coefficient (Wildman–Crippen LogP) is 13.7. The summed E-state index contributed by atoms with van der Waals surface area (Å²) < 4.78 is 23.3. The van der Waals surface area contributed by atoms with Crippen LogP contribution in [0.4, 0.5) is 0 Å². The first-order chi connectivity index (χ1) is 28.0. The third-order valence-corrected chi connectivity index (χ3v) is 12.5. The molecule has 2 N–H and O–H groups in total. The standard InChI is InChI=1S/C49H99N2O6P/c1-6-8-10-12-14-16-18-20-22-23-24-25-26-27-28-29-30-32-34-36-38-40-42-48(52)47(46-57-58(54,55)56-45-44-51(3,4)5)50-49(53)43-41-39-37-35-33-31-21-19-17-15-13-11-9-7-2/h19,21,47-48,52H,6-18,20,22-46H2,1-5H3,(H-,50,53,54,55)/b21-19-. The highest BCUT2D eigenvalue weighted by Crippen LogP contribution is 2.38. The van der Waals surface area contributed by atoms with Crippen molar-refractivity contribution in [1.29, 1.82) is 0 Å². The molecule has 346 valence electrons. The van der Waals surface area contributed by atoms with Gasteiger partial charge in [-0.2, -0.15) is 0 Å². The zero-order chi connectivity index (χ0) is 42.8. The van der Waals surface area contributed by atoms with Gasteiger partial charge in [0.1, 0.15) is 13.2 Å². The topological polar surface area (TPSA) is 108 Å². The maximum absolute atomic E-state index is 12.9. The first kappa shape index (κ1) is 57.2. The molecule has 0 aliphatic carbocycles. The first-order valence-electron chi connectivity index (χ1n) is 25.0. The summed E-state index contributed by atoms with van der Waals surface area (Å²) in [5, 5.41) is 14.0. The third kappa shape index (κ3) is 43.3. The van der Waals surface area contributed by atoms with Crippen LogP contribution in [-0.2, 0) is 18.4 Å². The monoisotopic (exact) mass is 843 g/mol. The number of hydrogen-bond acceptors (Lipinski definition) is 6. The maximum Gasteiger partial charge on any atom is 0.268 e. The summed E-state index contributed by atoms with van der Waals surface area (Å²) in [6, 6.07) is -0.801. The van der Waals surface area contributed by atoms with Gasteiger partial charge in [0, 0.05) is 6.42 Å². The van der Waals surface area contributed by atoms with E-state index in [2.05, 4.69) is 31.3 Å². The lowest BCUT2D eigenvalue weighted by Crippen LogP contribution is -2.46. The molecule has 0 aromatic carbocycles. The summed E-state index contributed by atoms with van der Waals surface area (Å²) in [6.45, 7) is 4.73. The van der Waals surface area contributed by atoms with Gasteiger partial charge in [0.15, 0.2) is 0 Å². The number of unbranched alkanes of at least 4 members (excludes halogenated alkanes) is 31. The van der Waals surface area contributed by atoms with Crippen molar-refractivity contribution in [3.05, 3.63) is 12.2 Å². The predicted molar refractivity (Wildman–Crippen MR) is 247 cm³/mol. The molecular weight excluding hydrogens is 744 g/mol. The van der Waals surface area contributed by atoms with E-state index in [0.29, 0.717) is 23.9 Å². The fourth-order valence-electron chi connectivity index (χ4n) is 7.51. The van der Waals surface area contributed by atoms with Crippen molar-refractivity contribution < 1.29 is 32.9 Å². The Morgan fingerprint density at radius 3 is 1.34 bits per heavy atom. The van der Waals surface area contributed by atoms with Crippen molar-refractivity contribution in [2.45, 2.75) is 257 Å². The Morgan fingerprint density at radius 1 is 0.586 bits per heavy atom. The summed E-state index contributed by atoms with van der Waals surface area (Å²) in [7, 11) is 1.31. The van der Waals surface area contributed by atoms with Crippen LogP contribution in [0.5, 0.6) is 0 Å². The molecule has 0 aliphatic rings. The molecule has 1 amide bonds. The van der Waals surface area contributed by atoms with Crippen molar-refractivity contribution >= 4 is 13.7 Å². The van der Waals surface area contributed by atoms with Crippen molar-refractivity contribution in [3.8, 4) is 0 Å². The van der Waals surface area contributed by atoms with Gasteiger partial charge < -0.3 is 28.8 Å². The number of likely N-dealkylation sites (N-methyl/N-ethyl adjacent to an activating group) is 1. The van der Waals surface area contributed by atoms with Gasteiger partial charge in [-0.3, -0.25) is 9.36 Å². The van der Waals surface area contributed by atoms with Crippen LogP contribution in [0.3, 0.4) is 0 Å². The molecular formula is C49H99N2O6P. The van der Waals surface area contributed by atoms with Crippen LogP contribution in [0.2, 0.25) is 0 Å². The van der Waals surface area contributed by atoms with E-state index in [1.807, 2.05) is 21.1 Å². The Bertz CT molecular complexity index is 958. The SMILES string of the molecule is CCCCCCC/C=C\CCCCCCCC(=O)NC(COP(=O)([O-])OCC[N+](C)(C)C)C(O)CCCCCCCCCCCCCCCCCCCCCCCC. The van der Waals surface area contributed by atoms with Gasteiger partial charge >= 0.3 is 0 Å². The molecule has 0 saturated heterocycles. The van der Waals surface area contributed by atoms with E-state index >= 15 is 0 Å². The number of quaternary nitrogens is 1. The molecule has 8 nitrogen and oxygen atoms in total. The van der Waals surface area contributed by atoms with E-state index in [1.165, 1.54) is 167 Å². The average Bonchev–Trinajstić information content (AvgIpc) is 3.17. The number of carbonyl (C=O) groups is 1. The van der Waals surface area contributed by atoms with E-state index in [9.17, 15) is 19.4 Å². The minimum Gasteiger partial charge on any atom is -0.756 e. The van der Waals surface area contributed by atoms with Gasteiger partial charge in [-0.15, -0.1) is 0 Å². The molecule has 0 aliphatic heterocycles. The van der Waals surface area contributed by atoms with Gasteiger partial charge in [0.25, 0.3) is 7.82 Å². The molecule has 0 bridgehead atoms. The molecule has 0 saturated carbocycles. The van der Waals surface area contributed by atoms with Gasteiger partial charge in [0.2, 0.25) is 5.91 Å². The lowest BCUT2D eigenvalue weighted by atomic mass is 10.0. The summed E-state index contributed by atoms with van der Waals surface area (Å²) in [5.41, 5.74) is 0. The van der Waals surface area contributed by atoms with E-state index < -0.39 is 20.0 Å². The fourth-order valence-corrected chi connectivity index (χ4v) is 8.23. The fraction of sp³-hybridized carbons (Fsp3) is 0.939. The molecule has 3 unspecified atom stereocenters. The Balaban J connectivity index is 4.23. The van der Waals surface area contributed by atoms with Crippen LogP contribution in [0.15, 0.2) is 12.2 Å². The number of phosphoric acid groups is 1. The summed E-state index contributed by atoms with van der Waals surface area (Å²) in [6.07, 6.45) is 47.9. The minimum atomic E-state index is -4.56. The molecule has 0 aromatic rings. The number of hydrogen-bond donors (Lipinski definition) is 2. The van der Waals surface area contributed by atoms with Crippen LogP contribution in [0.25, 0.3) is 0 Å². The van der Waals surface area contributed by atoms with Gasteiger partial charge in [-0.1, -0.05) is 212 Å². The quantitative estimate of drug-likeness (QED) is 0.0273. The van der Waals surface area contributed by atoms with Crippen LogP contribution in [0.1, 0.15) is 245 Å². The van der Waals surface area contributed by atoms with Crippen LogP contribution in [-0.4, -0.2) is 68.5 Å². The average molecular weight is 843 g/mol. The van der Waals surface area contributed by atoms with E-state index in [-0.39, 0.29) is 19.1 Å². The van der Waals surface area contributed by atoms with Crippen LogP contribution < -0.4 is 10.2 Å². The van der Waals surface area contributed by atoms with Crippen molar-refractivity contribution in [2.75, 3.05) is 40.9 Å². The molecule has 9 heteroatoms. The zero-order valence-corrected chi connectivity index (χ0v) is 40.2. The number of amides is 1. The first-order valence-corrected chi connectivity index (χ1v) is 26.5. The van der Waals surface area contributed by atoms with Crippen molar-refractivity contribution in [2.24, 2.45) is 0 Å². The highest BCUT2D eigenvalue weighted by atomic mass is 31.2. The number of nitrogens with zero attached hydrogens (tertiary/aromatic N) is 1. The second kappa shape index (κ2) is 41.6. The second-order valence-electron chi connectivity index (χ2n) is 18.5. The Kier molecular flexibility index (Phi) is 41.0. The van der Waals surface area contributed by atoms with E-state index in [1.54, 1.807) is 0 Å². The highest BCUT2D eigenvalue weighted by Gasteiger charge is 2.24. The number of phosphoric ester groups is 1. The van der Waals surface area contributed by atoms with Gasteiger partial charge in [-0.05, 0) is 38.5 Å². The third-order valence-electron chi connectivity index (χ3n) is 11.5. The second-order valence-corrected chi connectivity index (χ2v) is 19.9. The Hall–Kier alpha value is -0.760. The van der Waals surface area contributed by atoms with Crippen LogP contribution in [0, 0.1) is 0 Å². The molecule has 3 atom stereocenters. The molecule has 0 spiro atoms. The van der Waals surface area contributed by atoms with Crippen molar-refractivity contribution in [1.82, 2.24) is 5.32 Å². The van der Waals surface area contributed by atoms with E-state index in [4.69, 9.17) is 9.05 Å². The summed E-state index contributed by atoms with van der Waals surface area (Å²) in [4.78, 5) is 25.4. The smallest absolute Gasteiger partial charge is 0.268 e. The lowest BCUT2D eigenvalue weighted by molar-refractivity contribution is -0.870.